The number of ether oxygens (including phenoxy) is 2. The average molecular weight is 327 g/mol. The van der Waals surface area contributed by atoms with Crippen LogP contribution in [-0.4, -0.2) is 14.2 Å². The van der Waals surface area contributed by atoms with Gasteiger partial charge in [-0.2, -0.15) is 0 Å². The third-order valence-electron chi connectivity index (χ3n) is 2.82. The SMILES string of the molecule is COc1ccc(OC)c(C(NN)c2occc2Br)c1. The normalized spacial score (nSPS) is 12.2. The van der Waals surface area contributed by atoms with Crippen LogP contribution in [0.5, 0.6) is 11.5 Å². The smallest absolute Gasteiger partial charge is 0.140 e. The molecule has 1 unspecified atom stereocenters. The Hall–Kier alpha value is -1.50. The van der Waals surface area contributed by atoms with E-state index in [0.717, 1.165) is 15.8 Å². The molecule has 3 N–H and O–H groups in total. The molecule has 0 spiro atoms. The second kappa shape index (κ2) is 6.10. The van der Waals surface area contributed by atoms with Gasteiger partial charge in [-0.05, 0) is 40.2 Å². The maximum Gasteiger partial charge on any atom is 0.140 e. The van der Waals surface area contributed by atoms with Crippen LogP contribution in [0, 0.1) is 0 Å². The van der Waals surface area contributed by atoms with Crippen LogP contribution >= 0.6 is 15.9 Å². The maximum atomic E-state index is 5.65. The molecule has 1 heterocycles. The Bertz CT molecular complexity index is 557. The van der Waals surface area contributed by atoms with Crippen molar-refractivity contribution in [3.05, 3.63) is 46.3 Å². The number of hydrogen-bond donors (Lipinski definition) is 2. The van der Waals surface area contributed by atoms with Crippen molar-refractivity contribution < 1.29 is 13.9 Å². The van der Waals surface area contributed by atoms with Crippen LogP contribution in [0.25, 0.3) is 0 Å². The standard InChI is InChI=1S/C13H15BrN2O3/c1-17-8-3-4-11(18-2)9(7-8)12(16-15)13-10(14)5-6-19-13/h3-7,12,16H,15H2,1-2H3. The van der Waals surface area contributed by atoms with Crippen molar-refractivity contribution in [2.45, 2.75) is 6.04 Å². The van der Waals surface area contributed by atoms with Gasteiger partial charge in [-0.15, -0.1) is 0 Å². The molecule has 0 radical (unpaired) electrons. The second-order valence-electron chi connectivity index (χ2n) is 3.84. The van der Waals surface area contributed by atoms with E-state index in [4.69, 9.17) is 19.7 Å². The zero-order chi connectivity index (χ0) is 13.8. The number of nitrogens with one attached hydrogen (secondary N) is 1. The lowest BCUT2D eigenvalue weighted by Gasteiger charge is -2.18. The predicted octanol–water partition coefficient (Wildman–Crippen LogP) is 2.61. The maximum absolute atomic E-state index is 5.65. The first-order chi connectivity index (χ1) is 9.21. The van der Waals surface area contributed by atoms with Gasteiger partial charge in [-0.3, -0.25) is 5.84 Å². The van der Waals surface area contributed by atoms with E-state index >= 15 is 0 Å². The Morgan fingerprint density at radius 3 is 2.58 bits per heavy atom. The first-order valence-electron chi connectivity index (χ1n) is 5.62. The third-order valence-corrected chi connectivity index (χ3v) is 3.48. The Balaban J connectivity index is 2.51. The highest BCUT2D eigenvalue weighted by Gasteiger charge is 2.22. The number of benzene rings is 1. The summed E-state index contributed by atoms with van der Waals surface area (Å²) in [5.41, 5.74) is 3.56. The monoisotopic (exact) mass is 326 g/mol. The number of furan rings is 1. The number of halogens is 1. The molecular weight excluding hydrogens is 312 g/mol. The van der Waals surface area contributed by atoms with E-state index in [1.807, 2.05) is 24.3 Å². The van der Waals surface area contributed by atoms with Crippen molar-refractivity contribution in [3.63, 3.8) is 0 Å². The zero-order valence-electron chi connectivity index (χ0n) is 10.6. The molecular formula is C13H15BrN2O3. The summed E-state index contributed by atoms with van der Waals surface area (Å²) in [6, 6.07) is 6.99. The summed E-state index contributed by atoms with van der Waals surface area (Å²) < 4.78 is 16.9. The number of rotatable bonds is 5. The van der Waals surface area contributed by atoms with E-state index < -0.39 is 0 Å². The van der Waals surface area contributed by atoms with Gasteiger partial charge in [0, 0.05) is 5.56 Å². The fourth-order valence-electron chi connectivity index (χ4n) is 1.88. The number of hydrogen-bond acceptors (Lipinski definition) is 5. The topological polar surface area (TPSA) is 69.7 Å². The molecule has 2 rings (SSSR count). The summed E-state index contributed by atoms with van der Waals surface area (Å²) in [5, 5.41) is 0. The molecule has 2 aromatic rings. The van der Waals surface area contributed by atoms with Crippen LogP contribution in [0.15, 0.2) is 39.4 Å². The van der Waals surface area contributed by atoms with Gasteiger partial charge in [0.25, 0.3) is 0 Å². The fraction of sp³-hybridized carbons (Fsp3) is 0.231. The largest absolute Gasteiger partial charge is 0.497 e. The fourth-order valence-corrected chi connectivity index (χ4v) is 2.31. The highest BCUT2D eigenvalue weighted by atomic mass is 79.9. The van der Waals surface area contributed by atoms with E-state index in [2.05, 4.69) is 21.4 Å². The summed E-state index contributed by atoms with van der Waals surface area (Å²) in [7, 11) is 3.22. The van der Waals surface area contributed by atoms with Crippen LogP contribution in [0.2, 0.25) is 0 Å². The zero-order valence-corrected chi connectivity index (χ0v) is 12.2. The minimum Gasteiger partial charge on any atom is -0.497 e. The first kappa shape index (κ1) is 13.9. The molecule has 1 aromatic carbocycles. The molecule has 0 aliphatic heterocycles. The first-order valence-corrected chi connectivity index (χ1v) is 6.41. The molecule has 0 aliphatic carbocycles. The van der Waals surface area contributed by atoms with Crippen LogP contribution in [-0.2, 0) is 0 Å². The molecule has 0 saturated carbocycles. The van der Waals surface area contributed by atoms with Gasteiger partial charge >= 0.3 is 0 Å². The highest BCUT2D eigenvalue weighted by molar-refractivity contribution is 9.10. The van der Waals surface area contributed by atoms with Crippen LogP contribution in [0.1, 0.15) is 17.4 Å². The van der Waals surface area contributed by atoms with E-state index in [0.29, 0.717) is 11.5 Å². The van der Waals surface area contributed by atoms with Crippen molar-refractivity contribution >= 4 is 15.9 Å². The highest BCUT2D eigenvalue weighted by Crippen LogP contribution is 2.35. The molecule has 6 heteroatoms. The Labute approximate surface area is 119 Å². The Morgan fingerprint density at radius 1 is 1.26 bits per heavy atom. The third kappa shape index (κ3) is 2.75. The minimum absolute atomic E-state index is 0.338. The van der Waals surface area contributed by atoms with Crippen molar-refractivity contribution in [1.82, 2.24) is 5.43 Å². The van der Waals surface area contributed by atoms with Crippen LogP contribution in [0.4, 0.5) is 0 Å². The molecule has 5 nitrogen and oxygen atoms in total. The van der Waals surface area contributed by atoms with Gasteiger partial charge in [0.2, 0.25) is 0 Å². The van der Waals surface area contributed by atoms with Crippen LogP contribution < -0.4 is 20.7 Å². The lowest BCUT2D eigenvalue weighted by Crippen LogP contribution is -2.29. The van der Waals surface area contributed by atoms with Gasteiger partial charge in [-0.25, -0.2) is 5.43 Å². The molecule has 0 fully saturated rings. The van der Waals surface area contributed by atoms with E-state index in [1.54, 1.807) is 20.5 Å². The van der Waals surface area contributed by atoms with Crippen molar-refractivity contribution in [2.75, 3.05) is 14.2 Å². The molecule has 1 aromatic heterocycles. The predicted molar refractivity (Wildman–Crippen MR) is 75.1 cm³/mol. The molecule has 0 amide bonds. The number of methoxy groups -OCH3 is 2. The van der Waals surface area contributed by atoms with Gasteiger partial charge in [0.15, 0.2) is 0 Å². The average Bonchev–Trinajstić information content (AvgIpc) is 2.86. The van der Waals surface area contributed by atoms with Gasteiger partial charge in [0.1, 0.15) is 23.3 Å². The summed E-state index contributed by atoms with van der Waals surface area (Å²) >= 11 is 3.43. The van der Waals surface area contributed by atoms with E-state index in [-0.39, 0.29) is 6.04 Å². The number of hydrazine groups is 1. The van der Waals surface area contributed by atoms with Gasteiger partial charge in [-0.1, -0.05) is 0 Å². The lowest BCUT2D eigenvalue weighted by atomic mass is 10.0. The Kier molecular flexibility index (Phi) is 4.47. The van der Waals surface area contributed by atoms with Crippen molar-refractivity contribution in [2.24, 2.45) is 5.84 Å². The van der Waals surface area contributed by atoms with E-state index in [9.17, 15) is 0 Å². The van der Waals surface area contributed by atoms with Crippen molar-refractivity contribution in [3.8, 4) is 11.5 Å². The quantitative estimate of drug-likeness (QED) is 0.653. The summed E-state index contributed by atoms with van der Waals surface area (Å²) in [4.78, 5) is 0. The summed E-state index contributed by atoms with van der Waals surface area (Å²) in [6.07, 6.45) is 1.59. The van der Waals surface area contributed by atoms with Gasteiger partial charge < -0.3 is 13.9 Å². The summed E-state index contributed by atoms with van der Waals surface area (Å²) in [5.74, 6) is 7.75. The van der Waals surface area contributed by atoms with Crippen molar-refractivity contribution in [1.29, 1.82) is 0 Å². The molecule has 0 aliphatic rings. The summed E-state index contributed by atoms with van der Waals surface area (Å²) in [6.45, 7) is 0. The van der Waals surface area contributed by atoms with E-state index in [1.165, 1.54) is 0 Å². The number of nitrogens with two attached hydrogens (primary N) is 1. The second-order valence-corrected chi connectivity index (χ2v) is 4.69. The molecule has 0 saturated heterocycles. The molecule has 1 atom stereocenters. The van der Waals surface area contributed by atoms with Crippen LogP contribution in [0.3, 0.4) is 0 Å². The molecule has 102 valence electrons. The van der Waals surface area contributed by atoms with Gasteiger partial charge in [0.05, 0.1) is 25.0 Å². The Morgan fingerprint density at radius 2 is 2.05 bits per heavy atom. The molecule has 19 heavy (non-hydrogen) atoms. The lowest BCUT2D eigenvalue weighted by molar-refractivity contribution is 0.385. The molecule has 0 bridgehead atoms. The minimum atomic E-state index is -0.338.